The van der Waals surface area contributed by atoms with Gasteiger partial charge in [0, 0.05) is 0 Å². The fourth-order valence-electron chi connectivity index (χ4n) is 2.18. The van der Waals surface area contributed by atoms with Crippen molar-refractivity contribution in [2.45, 2.75) is 59.0 Å². The van der Waals surface area contributed by atoms with Crippen molar-refractivity contribution in [2.24, 2.45) is 5.92 Å². The largest absolute Gasteiger partial charge is 0.388 e. The van der Waals surface area contributed by atoms with Gasteiger partial charge in [0.15, 0.2) is 0 Å². The van der Waals surface area contributed by atoms with Gasteiger partial charge in [-0.1, -0.05) is 64.8 Å². The van der Waals surface area contributed by atoms with Crippen molar-refractivity contribution in [3.05, 3.63) is 35.4 Å². The summed E-state index contributed by atoms with van der Waals surface area (Å²) in [5, 5.41) is 10.2. The summed E-state index contributed by atoms with van der Waals surface area (Å²) in [7, 11) is 0. The van der Waals surface area contributed by atoms with E-state index >= 15 is 0 Å². The fraction of sp³-hybridized carbons (Fsp3) is 0.625. The Morgan fingerprint density at radius 1 is 0.941 bits per heavy atom. The van der Waals surface area contributed by atoms with Crippen LogP contribution in [-0.2, 0) is 0 Å². The van der Waals surface area contributed by atoms with Crippen molar-refractivity contribution in [1.29, 1.82) is 0 Å². The first-order valence-electron chi connectivity index (χ1n) is 6.86. The maximum absolute atomic E-state index is 10.2. The second-order valence-corrected chi connectivity index (χ2v) is 5.26. The molecule has 1 N–H and O–H groups in total. The molecule has 17 heavy (non-hydrogen) atoms. The number of rotatable bonds is 6. The smallest absolute Gasteiger partial charge is 0.0792 e. The normalized spacial score (nSPS) is 13.4. The molecule has 0 amide bonds. The number of aliphatic hydroxyl groups is 1. The minimum Gasteiger partial charge on any atom is -0.388 e. The SMILES string of the molecule is CCC(CC)CC(O)c1ccc(C(C)C)cc1. The Hall–Kier alpha value is -0.820. The number of hydrogen-bond acceptors (Lipinski definition) is 1. The summed E-state index contributed by atoms with van der Waals surface area (Å²) in [5.74, 6) is 1.19. The minimum absolute atomic E-state index is 0.305. The van der Waals surface area contributed by atoms with Crippen LogP contribution in [0.3, 0.4) is 0 Å². The van der Waals surface area contributed by atoms with E-state index in [0.29, 0.717) is 11.8 Å². The maximum atomic E-state index is 10.2. The van der Waals surface area contributed by atoms with Gasteiger partial charge in [0.05, 0.1) is 6.10 Å². The van der Waals surface area contributed by atoms with E-state index in [1.165, 1.54) is 5.56 Å². The molecule has 0 aliphatic heterocycles. The lowest BCUT2D eigenvalue weighted by molar-refractivity contribution is 0.141. The van der Waals surface area contributed by atoms with Crippen molar-refractivity contribution in [3.63, 3.8) is 0 Å². The molecule has 0 bridgehead atoms. The summed E-state index contributed by atoms with van der Waals surface area (Å²) in [4.78, 5) is 0. The Morgan fingerprint density at radius 3 is 1.82 bits per heavy atom. The number of aliphatic hydroxyl groups excluding tert-OH is 1. The van der Waals surface area contributed by atoms with E-state index in [2.05, 4.69) is 52.0 Å². The molecule has 1 atom stereocenters. The van der Waals surface area contributed by atoms with Gasteiger partial charge in [-0.05, 0) is 29.4 Å². The lowest BCUT2D eigenvalue weighted by Gasteiger charge is -2.18. The third-order valence-corrected chi connectivity index (χ3v) is 3.70. The van der Waals surface area contributed by atoms with Crippen LogP contribution >= 0.6 is 0 Å². The molecule has 0 radical (unpaired) electrons. The van der Waals surface area contributed by atoms with Crippen LogP contribution in [0.2, 0.25) is 0 Å². The van der Waals surface area contributed by atoms with Gasteiger partial charge in [-0.15, -0.1) is 0 Å². The summed E-state index contributed by atoms with van der Waals surface area (Å²) in [6.07, 6.45) is 2.88. The molecule has 1 aromatic carbocycles. The van der Waals surface area contributed by atoms with Crippen LogP contribution in [0.1, 0.15) is 70.1 Å². The molecule has 1 rings (SSSR count). The van der Waals surface area contributed by atoms with Crippen LogP contribution in [0.5, 0.6) is 0 Å². The van der Waals surface area contributed by atoms with Crippen molar-refractivity contribution >= 4 is 0 Å². The Morgan fingerprint density at radius 2 is 1.41 bits per heavy atom. The lowest BCUT2D eigenvalue weighted by Crippen LogP contribution is -2.06. The van der Waals surface area contributed by atoms with Crippen LogP contribution in [-0.4, -0.2) is 5.11 Å². The summed E-state index contributed by atoms with van der Waals surface area (Å²) in [5.41, 5.74) is 2.39. The van der Waals surface area contributed by atoms with Crippen LogP contribution < -0.4 is 0 Å². The molecule has 1 nitrogen and oxygen atoms in total. The molecule has 0 aliphatic carbocycles. The quantitative estimate of drug-likeness (QED) is 0.758. The molecule has 0 saturated heterocycles. The third kappa shape index (κ3) is 4.16. The maximum Gasteiger partial charge on any atom is 0.0792 e. The molecule has 0 saturated carbocycles. The number of hydrogen-bond donors (Lipinski definition) is 1. The van der Waals surface area contributed by atoms with Crippen LogP contribution in [0.4, 0.5) is 0 Å². The van der Waals surface area contributed by atoms with E-state index in [1.807, 2.05) is 0 Å². The predicted octanol–water partition coefficient (Wildman–Crippen LogP) is 4.67. The first-order valence-corrected chi connectivity index (χ1v) is 6.86. The Balaban J connectivity index is 2.66. The highest BCUT2D eigenvalue weighted by molar-refractivity contribution is 5.26. The molecular weight excluding hydrogens is 208 g/mol. The molecule has 1 aromatic rings. The van der Waals surface area contributed by atoms with E-state index < -0.39 is 0 Å². The second-order valence-electron chi connectivity index (χ2n) is 5.26. The first-order chi connectivity index (χ1) is 8.08. The van der Waals surface area contributed by atoms with E-state index in [1.54, 1.807) is 0 Å². The molecule has 96 valence electrons. The first kappa shape index (κ1) is 14.2. The zero-order chi connectivity index (χ0) is 12.8. The average Bonchev–Trinajstić information content (AvgIpc) is 2.35. The lowest BCUT2D eigenvalue weighted by atomic mass is 9.92. The van der Waals surface area contributed by atoms with Gasteiger partial charge in [0.25, 0.3) is 0 Å². The molecular formula is C16H26O. The van der Waals surface area contributed by atoms with Gasteiger partial charge >= 0.3 is 0 Å². The Bertz CT molecular complexity index is 309. The van der Waals surface area contributed by atoms with Crippen molar-refractivity contribution in [2.75, 3.05) is 0 Å². The third-order valence-electron chi connectivity index (χ3n) is 3.70. The number of benzene rings is 1. The minimum atomic E-state index is -0.305. The molecule has 1 unspecified atom stereocenters. The second kappa shape index (κ2) is 6.80. The zero-order valence-corrected chi connectivity index (χ0v) is 11.6. The van der Waals surface area contributed by atoms with Crippen molar-refractivity contribution in [3.8, 4) is 0 Å². The average molecular weight is 234 g/mol. The molecule has 0 aliphatic rings. The Kier molecular flexibility index (Phi) is 5.70. The molecule has 1 heteroatoms. The standard InChI is InChI=1S/C16H26O/c1-5-13(6-2)11-16(17)15-9-7-14(8-10-15)12(3)4/h7-10,12-13,16-17H,5-6,11H2,1-4H3. The van der Waals surface area contributed by atoms with Gasteiger partial charge in [-0.2, -0.15) is 0 Å². The molecule has 0 fully saturated rings. The monoisotopic (exact) mass is 234 g/mol. The summed E-state index contributed by atoms with van der Waals surface area (Å²) in [6.45, 7) is 8.77. The summed E-state index contributed by atoms with van der Waals surface area (Å²) < 4.78 is 0. The van der Waals surface area contributed by atoms with Gasteiger partial charge in [-0.3, -0.25) is 0 Å². The van der Waals surface area contributed by atoms with E-state index in [4.69, 9.17) is 0 Å². The highest BCUT2D eigenvalue weighted by Crippen LogP contribution is 2.26. The van der Waals surface area contributed by atoms with Crippen LogP contribution in [0.15, 0.2) is 24.3 Å². The van der Waals surface area contributed by atoms with E-state index in [-0.39, 0.29) is 6.10 Å². The molecule has 0 spiro atoms. The van der Waals surface area contributed by atoms with E-state index in [9.17, 15) is 5.11 Å². The predicted molar refractivity (Wildman–Crippen MR) is 74.2 cm³/mol. The van der Waals surface area contributed by atoms with Crippen LogP contribution in [0.25, 0.3) is 0 Å². The molecule has 0 heterocycles. The van der Waals surface area contributed by atoms with E-state index in [0.717, 1.165) is 24.8 Å². The topological polar surface area (TPSA) is 20.2 Å². The summed E-state index contributed by atoms with van der Waals surface area (Å²) >= 11 is 0. The van der Waals surface area contributed by atoms with Crippen molar-refractivity contribution in [1.82, 2.24) is 0 Å². The Labute approximate surface area is 106 Å². The molecule has 0 aromatic heterocycles. The van der Waals surface area contributed by atoms with Gasteiger partial charge in [0.2, 0.25) is 0 Å². The van der Waals surface area contributed by atoms with Gasteiger partial charge in [-0.25, -0.2) is 0 Å². The fourth-order valence-corrected chi connectivity index (χ4v) is 2.18. The highest BCUT2D eigenvalue weighted by atomic mass is 16.3. The highest BCUT2D eigenvalue weighted by Gasteiger charge is 2.13. The summed E-state index contributed by atoms with van der Waals surface area (Å²) in [6, 6.07) is 8.41. The van der Waals surface area contributed by atoms with Crippen LogP contribution in [0, 0.1) is 5.92 Å². The zero-order valence-electron chi connectivity index (χ0n) is 11.6. The van der Waals surface area contributed by atoms with Gasteiger partial charge < -0.3 is 5.11 Å². The van der Waals surface area contributed by atoms with Gasteiger partial charge in [0.1, 0.15) is 0 Å². The van der Waals surface area contributed by atoms with Crippen molar-refractivity contribution < 1.29 is 5.11 Å².